The van der Waals surface area contributed by atoms with E-state index >= 15 is 0 Å². The monoisotopic (exact) mass is 279 g/mol. The van der Waals surface area contributed by atoms with Crippen LogP contribution in [0, 0.1) is 0 Å². The molecule has 0 saturated heterocycles. The van der Waals surface area contributed by atoms with E-state index in [1.807, 2.05) is 43.1 Å². The summed E-state index contributed by atoms with van der Waals surface area (Å²) in [4.78, 5) is 15.9. The lowest BCUT2D eigenvalue weighted by Gasteiger charge is -2.26. The summed E-state index contributed by atoms with van der Waals surface area (Å²) in [5, 5.41) is 0. The summed E-state index contributed by atoms with van der Waals surface area (Å²) in [5.74, 6) is 0.892. The number of nitrogens with zero attached hydrogens (tertiary/aromatic N) is 2. The van der Waals surface area contributed by atoms with Crippen LogP contribution in [0.5, 0.6) is 5.75 Å². The van der Waals surface area contributed by atoms with Crippen molar-refractivity contribution < 1.29 is 9.53 Å². The van der Waals surface area contributed by atoms with Gasteiger partial charge in [-0.3, -0.25) is 4.79 Å². The van der Waals surface area contributed by atoms with E-state index < -0.39 is 0 Å². The number of carbonyl (C=O) groups is 1. The molecule has 0 unspecified atom stereocenters. The van der Waals surface area contributed by atoms with Crippen LogP contribution in [0.3, 0.4) is 0 Å². The Labute approximate surface area is 121 Å². The highest BCUT2D eigenvalue weighted by molar-refractivity contribution is 5.81. The first-order valence-corrected chi connectivity index (χ1v) is 6.95. The molecule has 0 saturated carbocycles. The second kappa shape index (κ2) is 8.43. The van der Waals surface area contributed by atoms with Crippen LogP contribution >= 0.6 is 0 Å². The molecule has 0 aromatic heterocycles. The number of hydrogen-bond acceptors (Lipinski definition) is 4. The van der Waals surface area contributed by atoms with Crippen molar-refractivity contribution in [3.8, 4) is 5.75 Å². The molecule has 0 spiro atoms. The fraction of sp³-hybridized carbons (Fsp3) is 0.533. The van der Waals surface area contributed by atoms with Gasteiger partial charge in [0.15, 0.2) is 0 Å². The molecule has 20 heavy (non-hydrogen) atoms. The van der Waals surface area contributed by atoms with Crippen LogP contribution in [-0.2, 0) is 4.79 Å². The number of amides is 1. The number of carbonyl (C=O) groups excluding carboxylic acids is 1. The molecule has 0 aliphatic heterocycles. The molecular formula is C15H25N3O2. The number of benzene rings is 1. The lowest BCUT2D eigenvalue weighted by molar-refractivity contribution is -0.128. The summed E-state index contributed by atoms with van der Waals surface area (Å²) < 4.78 is 5.24. The molecule has 1 aromatic rings. The van der Waals surface area contributed by atoms with Crippen molar-refractivity contribution >= 4 is 11.6 Å². The number of likely N-dealkylation sites (N-methyl/N-ethyl adjacent to an activating group) is 1. The maximum Gasteiger partial charge on any atom is 0.241 e. The number of nitrogens with two attached hydrogens (primary N) is 1. The Morgan fingerprint density at radius 3 is 2.75 bits per heavy atom. The summed E-state index contributed by atoms with van der Waals surface area (Å²) in [6.07, 6.45) is 0.848. The van der Waals surface area contributed by atoms with Crippen LogP contribution in [0.4, 0.5) is 5.69 Å². The molecule has 0 aliphatic rings. The predicted molar refractivity (Wildman–Crippen MR) is 82.2 cm³/mol. The Hall–Kier alpha value is -1.75. The van der Waals surface area contributed by atoms with Crippen molar-refractivity contribution in [1.82, 2.24) is 4.90 Å². The number of hydrogen-bond donors (Lipinski definition) is 1. The SMILES string of the molecule is CCN(C)C(=O)CN(CCCN)c1cccc(OC)c1. The largest absolute Gasteiger partial charge is 0.497 e. The van der Waals surface area contributed by atoms with Crippen molar-refractivity contribution in [1.29, 1.82) is 0 Å². The van der Waals surface area contributed by atoms with Crippen molar-refractivity contribution in [3.05, 3.63) is 24.3 Å². The molecule has 5 nitrogen and oxygen atoms in total. The van der Waals surface area contributed by atoms with Gasteiger partial charge >= 0.3 is 0 Å². The second-order valence-electron chi connectivity index (χ2n) is 4.67. The van der Waals surface area contributed by atoms with Gasteiger partial charge in [0.05, 0.1) is 13.7 Å². The molecular weight excluding hydrogens is 254 g/mol. The van der Waals surface area contributed by atoms with Crippen molar-refractivity contribution in [3.63, 3.8) is 0 Å². The average Bonchev–Trinajstić information content (AvgIpc) is 2.50. The normalized spacial score (nSPS) is 10.2. The van der Waals surface area contributed by atoms with E-state index in [9.17, 15) is 4.79 Å². The number of rotatable bonds is 8. The zero-order chi connectivity index (χ0) is 15.0. The minimum atomic E-state index is 0.104. The van der Waals surface area contributed by atoms with Gasteiger partial charge < -0.3 is 20.3 Å². The van der Waals surface area contributed by atoms with Gasteiger partial charge in [-0.05, 0) is 32.0 Å². The Balaban J connectivity index is 2.84. The van der Waals surface area contributed by atoms with Crippen molar-refractivity contribution in [2.24, 2.45) is 5.73 Å². The average molecular weight is 279 g/mol. The van der Waals surface area contributed by atoms with Crippen LogP contribution in [-0.4, -0.2) is 51.1 Å². The van der Waals surface area contributed by atoms with E-state index in [-0.39, 0.29) is 5.91 Å². The molecule has 0 bridgehead atoms. The third-order valence-corrected chi connectivity index (χ3v) is 3.28. The maximum atomic E-state index is 12.1. The number of anilines is 1. The highest BCUT2D eigenvalue weighted by atomic mass is 16.5. The quantitative estimate of drug-likeness (QED) is 0.780. The van der Waals surface area contributed by atoms with Gasteiger partial charge in [-0.15, -0.1) is 0 Å². The van der Waals surface area contributed by atoms with Gasteiger partial charge in [-0.25, -0.2) is 0 Å². The minimum Gasteiger partial charge on any atom is -0.497 e. The third kappa shape index (κ3) is 4.74. The standard InChI is InChI=1S/C15H25N3O2/c1-4-17(2)15(19)12-18(10-6-9-16)13-7-5-8-14(11-13)20-3/h5,7-8,11H,4,6,9-10,12,16H2,1-3H3. The van der Waals surface area contributed by atoms with Crippen LogP contribution in [0.2, 0.25) is 0 Å². The van der Waals surface area contributed by atoms with E-state index in [1.54, 1.807) is 12.0 Å². The molecule has 1 amide bonds. The highest BCUT2D eigenvalue weighted by Gasteiger charge is 2.14. The van der Waals surface area contributed by atoms with Gasteiger partial charge in [0.2, 0.25) is 5.91 Å². The predicted octanol–water partition coefficient (Wildman–Crippen LogP) is 1.33. The second-order valence-corrected chi connectivity index (χ2v) is 4.67. The minimum absolute atomic E-state index is 0.104. The van der Waals surface area contributed by atoms with Gasteiger partial charge in [0, 0.05) is 31.9 Å². The van der Waals surface area contributed by atoms with Crippen LogP contribution in [0.25, 0.3) is 0 Å². The number of ether oxygens (including phenoxy) is 1. The molecule has 0 heterocycles. The van der Waals surface area contributed by atoms with Gasteiger partial charge in [0.25, 0.3) is 0 Å². The summed E-state index contributed by atoms with van der Waals surface area (Å²) in [7, 11) is 3.45. The first-order chi connectivity index (χ1) is 9.62. The van der Waals surface area contributed by atoms with E-state index in [0.717, 1.165) is 24.4 Å². The smallest absolute Gasteiger partial charge is 0.241 e. The Kier molecular flexibility index (Phi) is 6.87. The van der Waals surface area contributed by atoms with E-state index in [2.05, 4.69) is 0 Å². The fourth-order valence-electron chi connectivity index (χ4n) is 1.85. The zero-order valence-corrected chi connectivity index (χ0v) is 12.6. The molecule has 5 heteroatoms. The molecule has 1 aromatic carbocycles. The molecule has 0 aliphatic carbocycles. The van der Waals surface area contributed by atoms with Gasteiger partial charge in [-0.1, -0.05) is 6.07 Å². The van der Waals surface area contributed by atoms with Gasteiger partial charge in [-0.2, -0.15) is 0 Å². The lowest BCUT2D eigenvalue weighted by atomic mass is 10.2. The van der Waals surface area contributed by atoms with E-state index in [4.69, 9.17) is 10.5 Å². The first-order valence-electron chi connectivity index (χ1n) is 6.95. The summed E-state index contributed by atoms with van der Waals surface area (Å²) >= 11 is 0. The molecule has 1 rings (SSSR count). The Morgan fingerprint density at radius 1 is 1.40 bits per heavy atom. The Bertz CT molecular complexity index is 423. The summed E-state index contributed by atoms with van der Waals surface area (Å²) in [6.45, 7) is 4.40. The third-order valence-electron chi connectivity index (χ3n) is 3.28. The zero-order valence-electron chi connectivity index (χ0n) is 12.6. The van der Waals surface area contributed by atoms with Gasteiger partial charge in [0.1, 0.15) is 5.75 Å². The van der Waals surface area contributed by atoms with Crippen LogP contribution in [0.15, 0.2) is 24.3 Å². The maximum absolute atomic E-state index is 12.1. The van der Waals surface area contributed by atoms with E-state index in [1.165, 1.54) is 0 Å². The summed E-state index contributed by atoms with van der Waals surface area (Å²) in [5.41, 5.74) is 6.56. The van der Waals surface area contributed by atoms with Crippen molar-refractivity contribution in [2.75, 3.05) is 45.2 Å². The first kappa shape index (κ1) is 16.3. The fourth-order valence-corrected chi connectivity index (χ4v) is 1.85. The van der Waals surface area contributed by atoms with E-state index in [0.29, 0.717) is 19.6 Å². The molecule has 2 N–H and O–H groups in total. The molecule has 0 fully saturated rings. The Morgan fingerprint density at radius 2 is 2.15 bits per heavy atom. The topological polar surface area (TPSA) is 58.8 Å². The molecule has 0 radical (unpaired) electrons. The highest BCUT2D eigenvalue weighted by Crippen LogP contribution is 2.21. The van der Waals surface area contributed by atoms with Crippen LogP contribution in [0.1, 0.15) is 13.3 Å². The lowest BCUT2D eigenvalue weighted by Crippen LogP contribution is -2.39. The van der Waals surface area contributed by atoms with Crippen molar-refractivity contribution in [2.45, 2.75) is 13.3 Å². The molecule has 0 atom stereocenters. The summed E-state index contributed by atoms with van der Waals surface area (Å²) in [6, 6.07) is 7.75. The van der Waals surface area contributed by atoms with Crippen LogP contribution < -0.4 is 15.4 Å². The molecule has 112 valence electrons. The number of methoxy groups -OCH3 is 1.